The number of nitrogens with zero attached hydrogens (tertiary/aromatic N) is 3. The van der Waals surface area contributed by atoms with E-state index in [0.717, 1.165) is 24.8 Å². The molecule has 1 fully saturated rings. The van der Waals surface area contributed by atoms with E-state index in [1.807, 2.05) is 6.07 Å². The summed E-state index contributed by atoms with van der Waals surface area (Å²) in [7, 11) is 1.64. The minimum atomic E-state index is 0.397. The van der Waals surface area contributed by atoms with Gasteiger partial charge in [0.2, 0.25) is 0 Å². The molecular formula is C13H23N5O. The topological polar surface area (TPSA) is 76.3 Å². The molecular weight excluding hydrogens is 242 g/mol. The van der Waals surface area contributed by atoms with Gasteiger partial charge >= 0.3 is 0 Å². The second kappa shape index (κ2) is 6.68. The van der Waals surface area contributed by atoms with Crippen LogP contribution in [0.4, 0.5) is 11.6 Å². The molecule has 1 aliphatic heterocycles. The molecule has 3 N–H and O–H groups in total. The highest BCUT2D eigenvalue weighted by atomic mass is 16.5. The summed E-state index contributed by atoms with van der Waals surface area (Å²) < 4.78 is 5.09. The fourth-order valence-corrected chi connectivity index (χ4v) is 2.48. The molecule has 0 unspecified atom stereocenters. The van der Waals surface area contributed by atoms with Gasteiger partial charge in [-0.05, 0) is 18.8 Å². The maximum atomic E-state index is 5.46. The first-order valence-corrected chi connectivity index (χ1v) is 6.85. The minimum Gasteiger partial charge on any atom is -0.377 e. The number of piperidine rings is 1. The highest BCUT2D eigenvalue weighted by molar-refractivity contribution is 5.49. The van der Waals surface area contributed by atoms with Gasteiger partial charge in [0.05, 0.1) is 0 Å². The first-order valence-electron chi connectivity index (χ1n) is 6.85. The number of hydrazine groups is 1. The zero-order valence-corrected chi connectivity index (χ0v) is 11.7. The van der Waals surface area contributed by atoms with E-state index in [1.54, 1.807) is 7.11 Å². The lowest BCUT2D eigenvalue weighted by Gasteiger charge is -2.32. The fourth-order valence-electron chi connectivity index (χ4n) is 2.48. The van der Waals surface area contributed by atoms with Crippen LogP contribution in [0.2, 0.25) is 0 Å². The number of ether oxygens (including phenoxy) is 1. The molecule has 2 heterocycles. The molecule has 106 valence electrons. The van der Waals surface area contributed by atoms with Crippen molar-refractivity contribution in [2.24, 2.45) is 11.8 Å². The second-order valence-electron chi connectivity index (χ2n) is 4.94. The van der Waals surface area contributed by atoms with E-state index in [9.17, 15) is 0 Å². The summed E-state index contributed by atoms with van der Waals surface area (Å²) in [5.41, 5.74) is 2.59. The van der Waals surface area contributed by atoms with Crippen LogP contribution in [0.25, 0.3) is 0 Å². The average Bonchev–Trinajstić information content (AvgIpc) is 2.47. The van der Waals surface area contributed by atoms with Gasteiger partial charge in [-0.3, -0.25) is 0 Å². The Bertz CT molecular complexity index is 404. The molecule has 1 aliphatic rings. The van der Waals surface area contributed by atoms with E-state index in [-0.39, 0.29) is 0 Å². The third-order valence-corrected chi connectivity index (χ3v) is 3.70. The zero-order valence-electron chi connectivity index (χ0n) is 11.7. The predicted molar refractivity (Wildman–Crippen MR) is 75.8 cm³/mol. The Morgan fingerprint density at radius 2 is 2.16 bits per heavy atom. The number of methoxy groups -OCH3 is 1. The number of hydrogen-bond acceptors (Lipinski definition) is 6. The molecule has 2 rings (SSSR count). The number of rotatable bonds is 5. The molecule has 0 aromatic carbocycles. The molecule has 0 atom stereocenters. The lowest BCUT2D eigenvalue weighted by atomic mass is 9.94. The lowest BCUT2D eigenvalue weighted by Crippen LogP contribution is -2.34. The van der Waals surface area contributed by atoms with E-state index < -0.39 is 0 Å². The third kappa shape index (κ3) is 3.54. The van der Waals surface area contributed by atoms with Gasteiger partial charge in [0.1, 0.15) is 18.2 Å². The summed E-state index contributed by atoms with van der Waals surface area (Å²) in [5, 5.41) is 0. The predicted octanol–water partition coefficient (Wildman–Crippen LogP) is 1.53. The Kier molecular flexibility index (Phi) is 4.93. The second-order valence-corrected chi connectivity index (χ2v) is 4.94. The van der Waals surface area contributed by atoms with Gasteiger partial charge in [-0.25, -0.2) is 15.8 Å². The standard InChI is InChI=1S/C13H23N5O/c1-3-10-4-6-18(7-5-10)13-8-11(17-14)15-12(16-13)9-19-2/h8,10H,3-7,9,14H2,1-2H3,(H,15,16,17). The SMILES string of the molecule is CCC1CCN(c2cc(NN)nc(COC)n2)CC1. The summed E-state index contributed by atoms with van der Waals surface area (Å²) in [6.07, 6.45) is 3.72. The maximum absolute atomic E-state index is 5.46. The number of nitrogens with one attached hydrogen (secondary N) is 1. The summed E-state index contributed by atoms with van der Waals surface area (Å²) in [6.45, 7) is 4.75. The van der Waals surface area contributed by atoms with E-state index in [2.05, 4.69) is 27.2 Å². The highest BCUT2D eigenvalue weighted by Crippen LogP contribution is 2.25. The molecule has 1 saturated heterocycles. The van der Waals surface area contributed by atoms with Gasteiger partial charge in [-0.15, -0.1) is 0 Å². The fraction of sp³-hybridized carbons (Fsp3) is 0.692. The summed E-state index contributed by atoms with van der Waals surface area (Å²) in [6, 6.07) is 1.89. The number of nitrogen functional groups attached to an aromatic ring is 1. The molecule has 0 saturated carbocycles. The van der Waals surface area contributed by atoms with Gasteiger partial charge in [-0.1, -0.05) is 13.3 Å². The monoisotopic (exact) mass is 265 g/mol. The van der Waals surface area contributed by atoms with Crippen LogP contribution in [-0.4, -0.2) is 30.2 Å². The number of aromatic nitrogens is 2. The van der Waals surface area contributed by atoms with Crippen LogP contribution in [0.3, 0.4) is 0 Å². The molecule has 1 aromatic heterocycles. The molecule has 0 spiro atoms. The van der Waals surface area contributed by atoms with E-state index >= 15 is 0 Å². The smallest absolute Gasteiger partial charge is 0.158 e. The van der Waals surface area contributed by atoms with Crippen LogP contribution in [-0.2, 0) is 11.3 Å². The average molecular weight is 265 g/mol. The summed E-state index contributed by atoms with van der Waals surface area (Å²) in [5.74, 6) is 8.53. The van der Waals surface area contributed by atoms with Crippen LogP contribution in [0.1, 0.15) is 32.0 Å². The summed E-state index contributed by atoms with van der Waals surface area (Å²) >= 11 is 0. The Morgan fingerprint density at radius 1 is 1.42 bits per heavy atom. The lowest BCUT2D eigenvalue weighted by molar-refractivity contribution is 0.178. The van der Waals surface area contributed by atoms with Crippen molar-refractivity contribution in [3.05, 3.63) is 11.9 Å². The molecule has 0 amide bonds. The molecule has 0 aliphatic carbocycles. The molecule has 6 heteroatoms. The number of hydrogen-bond donors (Lipinski definition) is 2. The van der Waals surface area contributed by atoms with Crippen molar-refractivity contribution in [1.29, 1.82) is 0 Å². The molecule has 6 nitrogen and oxygen atoms in total. The van der Waals surface area contributed by atoms with Gasteiger partial charge in [0.25, 0.3) is 0 Å². The van der Waals surface area contributed by atoms with Crippen LogP contribution < -0.4 is 16.2 Å². The number of nitrogens with two attached hydrogens (primary N) is 1. The maximum Gasteiger partial charge on any atom is 0.158 e. The zero-order chi connectivity index (χ0) is 13.7. The quantitative estimate of drug-likeness (QED) is 0.621. The Hall–Kier alpha value is -1.40. The van der Waals surface area contributed by atoms with Crippen molar-refractivity contribution < 1.29 is 4.74 Å². The van der Waals surface area contributed by atoms with E-state index in [4.69, 9.17) is 10.6 Å². The van der Waals surface area contributed by atoms with Crippen LogP contribution in [0.15, 0.2) is 6.07 Å². The molecule has 0 radical (unpaired) electrons. The normalized spacial score (nSPS) is 16.7. The van der Waals surface area contributed by atoms with Crippen molar-refractivity contribution in [3.63, 3.8) is 0 Å². The van der Waals surface area contributed by atoms with Gasteiger partial charge in [-0.2, -0.15) is 0 Å². The minimum absolute atomic E-state index is 0.397. The van der Waals surface area contributed by atoms with Gasteiger partial charge in [0, 0.05) is 26.3 Å². The first kappa shape index (κ1) is 14.0. The van der Waals surface area contributed by atoms with Crippen molar-refractivity contribution in [2.45, 2.75) is 32.8 Å². The van der Waals surface area contributed by atoms with E-state index in [1.165, 1.54) is 19.3 Å². The molecule has 0 bridgehead atoms. The first-order chi connectivity index (χ1) is 9.26. The Labute approximate surface area is 114 Å². The molecule has 1 aromatic rings. The highest BCUT2D eigenvalue weighted by Gasteiger charge is 2.19. The molecule has 19 heavy (non-hydrogen) atoms. The van der Waals surface area contributed by atoms with Gasteiger partial charge < -0.3 is 15.1 Å². The largest absolute Gasteiger partial charge is 0.377 e. The van der Waals surface area contributed by atoms with Crippen molar-refractivity contribution >= 4 is 11.6 Å². The van der Waals surface area contributed by atoms with Crippen LogP contribution in [0, 0.1) is 5.92 Å². The van der Waals surface area contributed by atoms with Crippen molar-refractivity contribution in [1.82, 2.24) is 9.97 Å². The Morgan fingerprint density at radius 3 is 2.74 bits per heavy atom. The summed E-state index contributed by atoms with van der Waals surface area (Å²) in [4.78, 5) is 11.1. The van der Waals surface area contributed by atoms with Crippen LogP contribution >= 0.6 is 0 Å². The van der Waals surface area contributed by atoms with Gasteiger partial charge in [0.15, 0.2) is 5.82 Å². The van der Waals surface area contributed by atoms with E-state index in [0.29, 0.717) is 18.2 Å². The van der Waals surface area contributed by atoms with Crippen molar-refractivity contribution in [3.8, 4) is 0 Å². The Balaban J connectivity index is 2.12. The van der Waals surface area contributed by atoms with Crippen LogP contribution in [0.5, 0.6) is 0 Å². The van der Waals surface area contributed by atoms with Crippen molar-refractivity contribution in [2.75, 3.05) is 30.5 Å². The third-order valence-electron chi connectivity index (χ3n) is 3.70. The number of anilines is 2.